The van der Waals surface area contributed by atoms with Crippen LogP contribution in [0.5, 0.6) is 0 Å². The lowest BCUT2D eigenvalue weighted by Gasteiger charge is -2.33. The Morgan fingerprint density at radius 2 is 1.89 bits per heavy atom. The number of halogens is 3. The molecule has 1 amide bonds. The van der Waals surface area contributed by atoms with Crippen LogP contribution in [0.15, 0.2) is 0 Å². The normalized spacial score (nSPS) is 19.1. The number of esters is 1. The largest absolute Gasteiger partial charge is 0.464 e. The molecule has 1 aliphatic rings. The topological polar surface area (TPSA) is 72.6 Å². The van der Waals surface area contributed by atoms with Crippen LogP contribution in [0.3, 0.4) is 0 Å². The first-order chi connectivity index (χ1) is 8.77. The fraction of sp³-hybridized carbons (Fsp3) is 0.818. The fourth-order valence-electron chi connectivity index (χ4n) is 1.96. The van der Waals surface area contributed by atoms with Crippen LogP contribution in [-0.4, -0.2) is 48.7 Å². The lowest BCUT2D eigenvalue weighted by Crippen LogP contribution is -2.52. The third-order valence-electron chi connectivity index (χ3n) is 3.08. The van der Waals surface area contributed by atoms with Gasteiger partial charge in [-0.25, -0.2) is 4.79 Å². The number of rotatable bonds is 3. The van der Waals surface area contributed by atoms with Crippen molar-refractivity contribution in [3.8, 4) is 0 Å². The van der Waals surface area contributed by atoms with E-state index in [4.69, 9.17) is 5.73 Å². The molecule has 0 aromatic carbocycles. The zero-order valence-corrected chi connectivity index (χ0v) is 10.6. The third kappa shape index (κ3) is 4.09. The van der Waals surface area contributed by atoms with Crippen LogP contribution >= 0.6 is 0 Å². The molecule has 1 atom stereocenters. The highest BCUT2D eigenvalue weighted by atomic mass is 19.4. The van der Waals surface area contributed by atoms with E-state index in [1.54, 1.807) is 6.92 Å². The first kappa shape index (κ1) is 15.7. The molecule has 1 unspecified atom stereocenters. The van der Waals surface area contributed by atoms with Gasteiger partial charge in [-0.1, -0.05) is 0 Å². The Labute approximate surface area is 108 Å². The minimum atomic E-state index is -4.24. The smallest absolute Gasteiger partial charge is 0.391 e. The summed E-state index contributed by atoms with van der Waals surface area (Å²) < 4.78 is 42.0. The zero-order chi connectivity index (χ0) is 14.6. The molecule has 5 nitrogen and oxygen atoms in total. The van der Waals surface area contributed by atoms with E-state index in [0.717, 1.165) is 0 Å². The molecule has 0 aromatic heterocycles. The molecule has 1 aliphatic heterocycles. The van der Waals surface area contributed by atoms with Gasteiger partial charge >= 0.3 is 12.1 Å². The molecule has 0 aromatic rings. The minimum absolute atomic E-state index is 0.0455. The quantitative estimate of drug-likeness (QED) is 0.610. The van der Waals surface area contributed by atoms with Crippen molar-refractivity contribution in [2.75, 3.05) is 19.7 Å². The standard InChI is InChI=1S/C11H17F3N2O3/c1-2-19-10(18)8(15)9(17)16-5-3-7(4-6-16)11(12,13)14/h7-8H,2-6,15H2,1H3. The lowest BCUT2D eigenvalue weighted by atomic mass is 9.96. The maximum absolute atomic E-state index is 12.5. The molecule has 19 heavy (non-hydrogen) atoms. The monoisotopic (exact) mass is 282 g/mol. The van der Waals surface area contributed by atoms with Crippen LogP contribution < -0.4 is 5.73 Å². The predicted molar refractivity (Wildman–Crippen MR) is 60.0 cm³/mol. The van der Waals surface area contributed by atoms with E-state index in [2.05, 4.69) is 4.74 Å². The van der Waals surface area contributed by atoms with Gasteiger partial charge in [0.2, 0.25) is 0 Å². The molecule has 0 spiro atoms. The van der Waals surface area contributed by atoms with Crippen molar-refractivity contribution < 1.29 is 27.5 Å². The Morgan fingerprint density at radius 3 is 2.32 bits per heavy atom. The summed E-state index contributed by atoms with van der Waals surface area (Å²) >= 11 is 0. The highest BCUT2D eigenvalue weighted by Crippen LogP contribution is 2.34. The van der Waals surface area contributed by atoms with Gasteiger partial charge in [-0.05, 0) is 19.8 Å². The van der Waals surface area contributed by atoms with Gasteiger partial charge in [0.15, 0.2) is 6.04 Å². The van der Waals surface area contributed by atoms with E-state index in [1.165, 1.54) is 4.90 Å². The fourth-order valence-corrected chi connectivity index (χ4v) is 1.96. The number of hydrogen-bond acceptors (Lipinski definition) is 4. The van der Waals surface area contributed by atoms with Crippen LogP contribution in [-0.2, 0) is 14.3 Å². The number of ether oxygens (including phenoxy) is 1. The number of amides is 1. The molecule has 1 rings (SSSR count). The van der Waals surface area contributed by atoms with E-state index in [0.29, 0.717) is 0 Å². The second kappa shape index (κ2) is 6.23. The molecule has 110 valence electrons. The molecule has 0 radical (unpaired) electrons. The summed E-state index contributed by atoms with van der Waals surface area (Å²) in [6.07, 6.45) is -4.56. The summed E-state index contributed by atoms with van der Waals surface area (Å²) in [6.45, 7) is 1.58. The van der Waals surface area contributed by atoms with Crippen molar-refractivity contribution in [3.63, 3.8) is 0 Å². The molecular weight excluding hydrogens is 265 g/mol. The predicted octanol–water partition coefficient (Wildman–Crippen LogP) is 0.678. The van der Waals surface area contributed by atoms with Gasteiger partial charge in [-0.15, -0.1) is 0 Å². The molecule has 1 saturated heterocycles. The highest BCUT2D eigenvalue weighted by Gasteiger charge is 2.42. The molecular formula is C11H17F3N2O3. The van der Waals surface area contributed by atoms with Crippen LogP contribution in [0, 0.1) is 5.92 Å². The summed E-state index contributed by atoms with van der Waals surface area (Å²) in [5, 5.41) is 0. The van der Waals surface area contributed by atoms with Crippen molar-refractivity contribution in [2.45, 2.75) is 32.0 Å². The van der Waals surface area contributed by atoms with Crippen molar-refractivity contribution in [3.05, 3.63) is 0 Å². The second-order valence-corrected chi connectivity index (χ2v) is 4.37. The van der Waals surface area contributed by atoms with E-state index in [9.17, 15) is 22.8 Å². The summed E-state index contributed by atoms with van der Waals surface area (Å²) in [7, 11) is 0. The maximum Gasteiger partial charge on any atom is 0.391 e. The molecule has 1 fully saturated rings. The van der Waals surface area contributed by atoms with Gasteiger partial charge in [-0.3, -0.25) is 4.79 Å². The molecule has 0 bridgehead atoms. The number of carbonyl (C=O) groups excluding carboxylic acids is 2. The van der Waals surface area contributed by atoms with Gasteiger partial charge < -0.3 is 15.4 Å². The highest BCUT2D eigenvalue weighted by molar-refractivity contribution is 6.01. The number of piperidine rings is 1. The Balaban J connectivity index is 2.51. The van der Waals surface area contributed by atoms with Gasteiger partial charge in [-0.2, -0.15) is 13.2 Å². The Hall–Kier alpha value is -1.31. The van der Waals surface area contributed by atoms with E-state index >= 15 is 0 Å². The summed E-state index contributed by atoms with van der Waals surface area (Å²) in [5.74, 6) is -2.93. The van der Waals surface area contributed by atoms with Crippen molar-refractivity contribution in [1.29, 1.82) is 0 Å². The van der Waals surface area contributed by atoms with Gasteiger partial charge in [0, 0.05) is 13.1 Å². The van der Waals surface area contributed by atoms with E-state index in [-0.39, 0.29) is 32.5 Å². The van der Waals surface area contributed by atoms with Crippen molar-refractivity contribution in [2.24, 2.45) is 11.7 Å². The SMILES string of the molecule is CCOC(=O)C(N)C(=O)N1CCC(C(F)(F)F)CC1. The molecule has 8 heteroatoms. The molecule has 0 saturated carbocycles. The zero-order valence-electron chi connectivity index (χ0n) is 10.6. The van der Waals surface area contributed by atoms with Gasteiger partial charge in [0.25, 0.3) is 5.91 Å². The number of carbonyl (C=O) groups is 2. The Bertz CT molecular complexity index is 339. The summed E-state index contributed by atoms with van der Waals surface area (Å²) in [4.78, 5) is 24.2. The van der Waals surface area contributed by atoms with Crippen LogP contribution in [0.25, 0.3) is 0 Å². The number of hydrogen-bond donors (Lipinski definition) is 1. The molecule has 2 N–H and O–H groups in total. The van der Waals surface area contributed by atoms with Crippen molar-refractivity contribution in [1.82, 2.24) is 4.90 Å². The number of nitrogens with zero attached hydrogens (tertiary/aromatic N) is 1. The third-order valence-corrected chi connectivity index (χ3v) is 3.08. The first-order valence-corrected chi connectivity index (χ1v) is 6.05. The number of likely N-dealkylation sites (tertiary alicyclic amines) is 1. The van der Waals surface area contributed by atoms with Crippen LogP contribution in [0.4, 0.5) is 13.2 Å². The minimum Gasteiger partial charge on any atom is -0.464 e. The number of nitrogens with two attached hydrogens (primary N) is 1. The van der Waals surface area contributed by atoms with Gasteiger partial charge in [0.1, 0.15) is 0 Å². The maximum atomic E-state index is 12.5. The Morgan fingerprint density at radius 1 is 1.37 bits per heavy atom. The lowest BCUT2D eigenvalue weighted by molar-refractivity contribution is -0.187. The molecule has 0 aliphatic carbocycles. The first-order valence-electron chi connectivity index (χ1n) is 6.05. The summed E-state index contributed by atoms with van der Waals surface area (Å²) in [5.41, 5.74) is 5.41. The van der Waals surface area contributed by atoms with Gasteiger partial charge in [0.05, 0.1) is 12.5 Å². The molecule has 1 heterocycles. The van der Waals surface area contributed by atoms with E-state index in [1.807, 2.05) is 0 Å². The average Bonchev–Trinajstić information content (AvgIpc) is 2.36. The van der Waals surface area contributed by atoms with Crippen LogP contribution in [0.2, 0.25) is 0 Å². The number of alkyl halides is 3. The average molecular weight is 282 g/mol. The van der Waals surface area contributed by atoms with Crippen LogP contribution in [0.1, 0.15) is 19.8 Å². The second-order valence-electron chi connectivity index (χ2n) is 4.37. The van der Waals surface area contributed by atoms with Crippen molar-refractivity contribution >= 4 is 11.9 Å². The van der Waals surface area contributed by atoms with E-state index < -0.39 is 30.0 Å². The Kier molecular flexibility index (Phi) is 5.16. The summed E-state index contributed by atoms with van der Waals surface area (Å²) in [6, 6.07) is -1.46.